The molecule has 0 atom stereocenters. The summed E-state index contributed by atoms with van der Waals surface area (Å²) in [7, 11) is -4.25. The standard InChI is InChI=1S/C20H12Cl3N5O6S3/c21-12-6-10(3-4-16(12)28(30)31)34-18-13(22)7-11(8-14(18)23)37(32,33)27-26-17(29)9-35-20-25-15-2-1-5-24-19(15)36-20/h1-8,27H,9H2,(H,26,29). The van der Waals surface area contributed by atoms with Gasteiger partial charge in [-0.1, -0.05) is 57.9 Å². The molecule has 11 nitrogen and oxygen atoms in total. The van der Waals surface area contributed by atoms with Gasteiger partial charge < -0.3 is 4.74 Å². The van der Waals surface area contributed by atoms with E-state index in [4.69, 9.17) is 39.5 Å². The molecule has 0 aliphatic rings. The largest absolute Gasteiger partial charge is 0.454 e. The van der Waals surface area contributed by atoms with Gasteiger partial charge in [-0.25, -0.2) is 18.4 Å². The van der Waals surface area contributed by atoms with E-state index in [0.717, 1.165) is 34.8 Å². The van der Waals surface area contributed by atoms with Crippen molar-refractivity contribution in [3.05, 3.63) is 73.8 Å². The molecule has 17 heteroatoms. The highest BCUT2D eigenvalue weighted by Crippen LogP contribution is 2.40. The maximum absolute atomic E-state index is 12.7. The number of carbonyl (C=O) groups is 1. The number of halogens is 3. The Morgan fingerprint density at radius 2 is 1.86 bits per heavy atom. The number of amides is 1. The number of benzene rings is 2. The number of nitrogens with zero attached hydrogens (tertiary/aromatic N) is 3. The second kappa shape index (κ2) is 11.3. The number of sulfonamides is 1. The van der Waals surface area contributed by atoms with E-state index in [2.05, 4.69) is 15.4 Å². The van der Waals surface area contributed by atoms with Gasteiger partial charge >= 0.3 is 0 Å². The highest BCUT2D eigenvalue weighted by atomic mass is 35.5. The minimum absolute atomic E-state index is 0.0850. The predicted molar refractivity (Wildman–Crippen MR) is 141 cm³/mol. The first-order valence-corrected chi connectivity index (χ1v) is 14.2. The van der Waals surface area contributed by atoms with E-state index in [1.807, 2.05) is 4.83 Å². The molecule has 0 aliphatic heterocycles. The van der Waals surface area contributed by atoms with Crippen LogP contribution in [0.5, 0.6) is 11.5 Å². The topological polar surface area (TPSA) is 153 Å². The number of fused-ring (bicyclic) bond motifs is 1. The summed E-state index contributed by atoms with van der Waals surface area (Å²) in [5, 5.41) is 10.4. The van der Waals surface area contributed by atoms with Crippen LogP contribution in [-0.2, 0) is 14.8 Å². The fraction of sp³-hybridized carbons (Fsp3) is 0.0500. The minimum Gasteiger partial charge on any atom is -0.454 e. The lowest BCUT2D eigenvalue weighted by molar-refractivity contribution is -0.384. The second-order valence-corrected chi connectivity index (χ2v) is 12.0. The number of hydrogen-bond acceptors (Lipinski definition) is 10. The Hall–Kier alpha value is -2.72. The molecule has 2 aromatic heterocycles. The molecular weight excluding hydrogens is 609 g/mol. The number of nitro benzene ring substituents is 1. The Bertz CT molecular complexity index is 1580. The van der Waals surface area contributed by atoms with E-state index in [1.165, 1.54) is 23.5 Å². The smallest absolute Gasteiger partial charge is 0.288 e. The number of aromatic nitrogens is 2. The number of nitro groups is 1. The molecule has 4 rings (SSSR count). The number of rotatable bonds is 9. The first-order valence-electron chi connectivity index (χ1n) is 9.79. The van der Waals surface area contributed by atoms with Crippen LogP contribution in [-0.4, -0.2) is 35.0 Å². The third kappa shape index (κ3) is 6.59. The van der Waals surface area contributed by atoms with Gasteiger partial charge in [-0.3, -0.25) is 20.3 Å². The second-order valence-electron chi connectivity index (χ2n) is 6.94. The van der Waals surface area contributed by atoms with Crippen LogP contribution >= 0.6 is 57.9 Å². The van der Waals surface area contributed by atoms with Crippen LogP contribution in [0, 0.1) is 10.1 Å². The van der Waals surface area contributed by atoms with Crippen LogP contribution in [0.3, 0.4) is 0 Å². The van der Waals surface area contributed by atoms with E-state index in [0.29, 0.717) is 9.86 Å². The summed E-state index contributed by atoms with van der Waals surface area (Å²) in [6.07, 6.45) is 1.64. The molecule has 0 saturated heterocycles. The Morgan fingerprint density at radius 1 is 1.14 bits per heavy atom. The fourth-order valence-electron chi connectivity index (χ4n) is 2.76. The van der Waals surface area contributed by atoms with Gasteiger partial charge in [0.05, 0.1) is 25.6 Å². The molecule has 2 heterocycles. The molecule has 0 unspecified atom stereocenters. The number of pyridine rings is 1. The zero-order chi connectivity index (χ0) is 26.7. The van der Waals surface area contributed by atoms with Crippen LogP contribution in [0.2, 0.25) is 15.1 Å². The van der Waals surface area contributed by atoms with E-state index >= 15 is 0 Å². The average molecular weight is 621 g/mol. The Labute approximate surface area is 232 Å². The van der Waals surface area contributed by atoms with Gasteiger partial charge in [-0.05, 0) is 30.3 Å². The fourth-order valence-corrected chi connectivity index (χ4v) is 6.39. The lowest BCUT2D eigenvalue weighted by atomic mass is 10.3. The number of nitrogens with one attached hydrogen (secondary N) is 2. The first kappa shape index (κ1) is 27.3. The highest BCUT2D eigenvalue weighted by molar-refractivity contribution is 8.01. The molecular formula is C20H12Cl3N5O6S3. The molecule has 0 saturated carbocycles. The van der Waals surface area contributed by atoms with Crippen molar-refractivity contribution < 1.29 is 22.9 Å². The number of hydrazine groups is 1. The predicted octanol–water partition coefficient (Wildman–Crippen LogP) is 5.45. The molecule has 0 fully saturated rings. The van der Waals surface area contributed by atoms with Crippen LogP contribution in [0.15, 0.2) is 57.9 Å². The van der Waals surface area contributed by atoms with Gasteiger partial charge in [0.2, 0.25) is 5.91 Å². The lowest BCUT2D eigenvalue weighted by Crippen LogP contribution is -2.42. The summed E-state index contributed by atoms with van der Waals surface area (Å²) in [6.45, 7) is 0. The third-order valence-corrected chi connectivity index (χ3v) is 8.63. The molecule has 1 amide bonds. The van der Waals surface area contributed by atoms with Crippen molar-refractivity contribution in [2.75, 3.05) is 5.75 Å². The SMILES string of the molecule is O=C(CSc1nc2cccnc2s1)NNS(=O)(=O)c1cc(Cl)c(Oc2ccc([N+](=O)[O-])c(Cl)c2)c(Cl)c1. The maximum Gasteiger partial charge on any atom is 0.288 e. The maximum atomic E-state index is 12.7. The van der Waals surface area contributed by atoms with Crippen LogP contribution in [0.4, 0.5) is 5.69 Å². The van der Waals surface area contributed by atoms with Gasteiger partial charge in [0, 0.05) is 18.3 Å². The zero-order valence-corrected chi connectivity index (χ0v) is 22.7. The van der Waals surface area contributed by atoms with Crippen molar-refractivity contribution in [3.8, 4) is 11.5 Å². The van der Waals surface area contributed by atoms with Gasteiger partial charge in [0.15, 0.2) is 10.1 Å². The molecule has 0 aliphatic carbocycles. The summed E-state index contributed by atoms with van der Waals surface area (Å²) < 4.78 is 31.5. The summed E-state index contributed by atoms with van der Waals surface area (Å²) in [4.78, 5) is 33.3. The summed E-state index contributed by atoms with van der Waals surface area (Å²) in [6, 6.07) is 9.28. The third-order valence-electron chi connectivity index (χ3n) is 4.42. The van der Waals surface area contributed by atoms with Gasteiger partial charge in [0.1, 0.15) is 21.1 Å². The molecule has 0 radical (unpaired) electrons. The van der Waals surface area contributed by atoms with Crippen LogP contribution in [0.25, 0.3) is 10.3 Å². The number of carbonyl (C=O) groups excluding carboxylic acids is 1. The van der Waals surface area contributed by atoms with E-state index in [-0.39, 0.29) is 42.9 Å². The number of thiazole rings is 1. The van der Waals surface area contributed by atoms with Crippen LogP contribution < -0.4 is 15.0 Å². The molecule has 37 heavy (non-hydrogen) atoms. The van der Waals surface area contributed by atoms with Crippen molar-refractivity contribution in [2.24, 2.45) is 0 Å². The van der Waals surface area contributed by atoms with Gasteiger partial charge in [-0.15, -0.1) is 4.83 Å². The summed E-state index contributed by atoms with van der Waals surface area (Å²) >= 11 is 20.7. The lowest BCUT2D eigenvalue weighted by Gasteiger charge is -2.13. The zero-order valence-electron chi connectivity index (χ0n) is 18.0. The highest BCUT2D eigenvalue weighted by Gasteiger charge is 2.21. The quantitative estimate of drug-likeness (QED) is 0.141. The van der Waals surface area contributed by atoms with E-state index in [9.17, 15) is 23.3 Å². The molecule has 0 bridgehead atoms. The minimum atomic E-state index is -4.25. The molecule has 192 valence electrons. The summed E-state index contributed by atoms with van der Waals surface area (Å²) in [5.74, 6) is -0.734. The Kier molecular flexibility index (Phi) is 8.38. The number of ether oxygens (including phenoxy) is 1. The van der Waals surface area contributed by atoms with Gasteiger partial charge in [-0.2, -0.15) is 0 Å². The van der Waals surface area contributed by atoms with Gasteiger partial charge in [0.25, 0.3) is 15.7 Å². The van der Waals surface area contributed by atoms with E-state index in [1.54, 1.807) is 18.3 Å². The average Bonchev–Trinajstić information content (AvgIpc) is 3.26. The van der Waals surface area contributed by atoms with Crippen molar-refractivity contribution in [1.29, 1.82) is 0 Å². The first-order chi connectivity index (χ1) is 17.5. The molecule has 2 aromatic carbocycles. The summed E-state index contributed by atoms with van der Waals surface area (Å²) in [5.41, 5.74) is 2.50. The van der Waals surface area contributed by atoms with Crippen LogP contribution in [0.1, 0.15) is 0 Å². The number of thioether (sulfide) groups is 1. The number of hydrogen-bond donors (Lipinski definition) is 2. The normalized spacial score (nSPS) is 11.4. The van der Waals surface area contributed by atoms with Crippen molar-refractivity contribution >= 4 is 89.9 Å². The Morgan fingerprint density at radius 3 is 2.51 bits per heavy atom. The Balaban J connectivity index is 1.40. The van der Waals surface area contributed by atoms with Crippen molar-refractivity contribution in [1.82, 2.24) is 20.2 Å². The molecule has 0 spiro atoms. The van der Waals surface area contributed by atoms with E-state index < -0.39 is 20.9 Å². The molecule has 2 N–H and O–H groups in total. The monoisotopic (exact) mass is 619 g/mol. The van der Waals surface area contributed by atoms with Crippen molar-refractivity contribution in [2.45, 2.75) is 9.24 Å². The van der Waals surface area contributed by atoms with Crippen molar-refractivity contribution in [3.63, 3.8) is 0 Å². The molecule has 4 aromatic rings.